The molecular weight excluding hydrogens is 411 g/mol. The zero-order chi connectivity index (χ0) is 16.3. The molecule has 0 aromatic carbocycles. The highest BCUT2D eigenvalue weighted by molar-refractivity contribution is 14.1. The first-order valence-corrected chi connectivity index (χ1v) is 9.61. The standard InChI is InChI=1S/C16H25IN2O2S/c1-16(2,3)21-15(20)19(4)9-8-18-12-6-5-7-13-11(12)10-14(17)22-13/h10,12,18H,5-9H2,1-4H3. The van der Waals surface area contributed by atoms with Crippen molar-refractivity contribution in [2.75, 3.05) is 20.1 Å². The van der Waals surface area contributed by atoms with Crippen molar-refractivity contribution < 1.29 is 9.53 Å². The van der Waals surface area contributed by atoms with Crippen LogP contribution in [0.5, 0.6) is 0 Å². The maximum Gasteiger partial charge on any atom is 0.410 e. The molecule has 0 spiro atoms. The SMILES string of the molecule is CN(CCNC1CCCc2sc(I)cc21)C(=O)OC(C)(C)C. The van der Waals surface area contributed by atoms with Crippen LogP contribution in [-0.4, -0.2) is 36.7 Å². The van der Waals surface area contributed by atoms with Crippen LogP contribution in [0.4, 0.5) is 4.79 Å². The lowest BCUT2D eigenvalue weighted by molar-refractivity contribution is 0.0299. The molecule has 2 rings (SSSR count). The van der Waals surface area contributed by atoms with Crippen molar-refractivity contribution in [3.63, 3.8) is 0 Å². The van der Waals surface area contributed by atoms with Gasteiger partial charge in [0.25, 0.3) is 0 Å². The number of likely N-dealkylation sites (N-methyl/N-ethyl adjacent to an activating group) is 1. The van der Waals surface area contributed by atoms with E-state index in [0.717, 1.165) is 6.54 Å². The minimum absolute atomic E-state index is 0.260. The van der Waals surface area contributed by atoms with Crippen LogP contribution < -0.4 is 5.32 Å². The molecule has 4 nitrogen and oxygen atoms in total. The summed E-state index contributed by atoms with van der Waals surface area (Å²) in [4.78, 5) is 15.1. The van der Waals surface area contributed by atoms with Crippen molar-refractivity contribution in [2.24, 2.45) is 0 Å². The summed E-state index contributed by atoms with van der Waals surface area (Å²) in [6.45, 7) is 7.10. The maximum absolute atomic E-state index is 11.9. The van der Waals surface area contributed by atoms with Gasteiger partial charge in [-0.05, 0) is 74.3 Å². The molecular formula is C16H25IN2O2S. The van der Waals surface area contributed by atoms with Crippen LogP contribution in [0.2, 0.25) is 0 Å². The van der Waals surface area contributed by atoms with Gasteiger partial charge in [-0.2, -0.15) is 0 Å². The second-order valence-electron chi connectivity index (χ2n) is 6.73. The molecule has 1 aliphatic carbocycles. The van der Waals surface area contributed by atoms with E-state index >= 15 is 0 Å². The molecule has 1 atom stereocenters. The third kappa shape index (κ3) is 5.09. The highest BCUT2D eigenvalue weighted by atomic mass is 127. The summed E-state index contributed by atoms with van der Waals surface area (Å²) < 4.78 is 6.72. The Balaban J connectivity index is 1.81. The molecule has 1 aromatic heterocycles. The minimum Gasteiger partial charge on any atom is -0.444 e. The van der Waals surface area contributed by atoms with Crippen molar-refractivity contribution in [2.45, 2.75) is 51.7 Å². The van der Waals surface area contributed by atoms with Crippen molar-refractivity contribution >= 4 is 40.0 Å². The van der Waals surface area contributed by atoms with E-state index in [1.807, 2.05) is 32.1 Å². The third-order valence-corrected chi connectivity index (χ3v) is 5.60. The van der Waals surface area contributed by atoms with E-state index in [-0.39, 0.29) is 6.09 Å². The summed E-state index contributed by atoms with van der Waals surface area (Å²) in [6, 6.07) is 2.73. The number of ether oxygens (including phenoxy) is 1. The summed E-state index contributed by atoms with van der Waals surface area (Å²) in [7, 11) is 1.79. The molecule has 0 aliphatic heterocycles. The average molecular weight is 436 g/mol. The number of halogens is 1. The first-order valence-electron chi connectivity index (χ1n) is 7.72. The van der Waals surface area contributed by atoms with Gasteiger partial charge < -0.3 is 15.0 Å². The van der Waals surface area contributed by atoms with E-state index in [1.54, 1.807) is 11.9 Å². The fourth-order valence-corrected chi connectivity index (χ4v) is 4.69. The number of carbonyl (C=O) groups is 1. The summed E-state index contributed by atoms with van der Waals surface area (Å²) in [5.41, 5.74) is 1.02. The molecule has 0 bridgehead atoms. The van der Waals surface area contributed by atoms with Gasteiger partial charge >= 0.3 is 6.09 Å². The molecule has 0 fully saturated rings. The number of nitrogens with one attached hydrogen (secondary N) is 1. The largest absolute Gasteiger partial charge is 0.444 e. The molecule has 1 heterocycles. The van der Waals surface area contributed by atoms with Gasteiger partial charge in [0.1, 0.15) is 5.60 Å². The minimum atomic E-state index is -0.440. The van der Waals surface area contributed by atoms with Gasteiger partial charge in [-0.3, -0.25) is 0 Å². The van der Waals surface area contributed by atoms with Gasteiger partial charge in [-0.1, -0.05) is 0 Å². The van der Waals surface area contributed by atoms with Crippen LogP contribution in [0, 0.1) is 2.88 Å². The van der Waals surface area contributed by atoms with Crippen LogP contribution in [0.15, 0.2) is 6.07 Å². The Morgan fingerprint density at radius 1 is 1.55 bits per heavy atom. The zero-order valence-corrected chi connectivity index (χ0v) is 16.7. The Labute approximate surface area is 150 Å². The number of rotatable bonds is 4. The number of fused-ring (bicyclic) bond motifs is 1. The van der Waals surface area contributed by atoms with E-state index in [2.05, 4.69) is 34.0 Å². The summed E-state index contributed by atoms with van der Waals surface area (Å²) in [6.07, 6.45) is 3.36. The van der Waals surface area contributed by atoms with Crippen LogP contribution in [-0.2, 0) is 11.2 Å². The summed E-state index contributed by atoms with van der Waals surface area (Å²) in [5.74, 6) is 0. The van der Waals surface area contributed by atoms with Crippen LogP contribution in [0.25, 0.3) is 0 Å². The molecule has 1 N–H and O–H groups in total. The molecule has 0 saturated heterocycles. The lowest BCUT2D eigenvalue weighted by Crippen LogP contribution is -2.39. The highest BCUT2D eigenvalue weighted by Gasteiger charge is 2.23. The van der Waals surface area contributed by atoms with Crippen LogP contribution in [0.1, 0.15) is 50.1 Å². The number of carbonyl (C=O) groups excluding carboxylic acids is 1. The van der Waals surface area contributed by atoms with Gasteiger partial charge in [0.15, 0.2) is 0 Å². The third-order valence-electron chi connectivity index (χ3n) is 3.63. The van der Waals surface area contributed by atoms with E-state index in [9.17, 15) is 4.79 Å². The first kappa shape index (κ1) is 18.0. The van der Waals surface area contributed by atoms with Crippen molar-refractivity contribution in [3.8, 4) is 0 Å². The van der Waals surface area contributed by atoms with Gasteiger partial charge in [-0.25, -0.2) is 4.79 Å². The number of nitrogens with zero attached hydrogens (tertiary/aromatic N) is 1. The molecule has 0 radical (unpaired) electrons. The lowest BCUT2D eigenvalue weighted by atomic mass is 9.94. The molecule has 1 amide bonds. The Hall–Kier alpha value is -0.340. The van der Waals surface area contributed by atoms with E-state index in [1.165, 1.54) is 32.6 Å². The normalized spacial score (nSPS) is 18.0. The van der Waals surface area contributed by atoms with Crippen molar-refractivity contribution in [1.82, 2.24) is 10.2 Å². The monoisotopic (exact) mass is 436 g/mol. The first-order chi connectivity index (χ1) is 10.3. The Kier molecular flexibility index (Phi) is 6.13. The maximum atomic E-state index is 11.9. The molecule has 0 saturated carbocycles. The molecule has 22 heavy (non-hydrogen) atoms. The number of amides is 1. The molecule has 6 heteroatoms. The van der Waals surface area contributed by atoms with Crippen molar-refractivity contribution in [1.29, 1.82) is 0 Å². The number of hydrogen-bond acceptors (Lipinski definition) is 4. The molecule has 1 aliphatic rings. The van der Waals surface area contributed by atoms with Gasteiger partial charge in [0, 0.05) is 31.1 Å². The van der Waals surface area contributed by atoms with Crippen LogP contribution in [0.3, 0.4) is 0 Å². The van der Waals surface area contributed by atoms with Gasteiger partial charge in [0.2, 0.25) is 0 Å². The van der Waals surface area contributed by atoms with E-state index < -0.39 is 5.60 Å². The zero-order valence-electron chi connectivity index (χ0n) is 13.7. The summed E-state index contributed by atoms with van der Waals surface area (Å²) in [5, 5.41) is 3.59. The highest BCUT2D eigenvalue weighted by Crippen LogP contribution is 2.36. The Bertz CT molecular complexity index is 525. The molecule has 124 valence electrons. The predicted molar refractivity (Wildman–Crippen MR) is 99.6 cm³/mol. The Morgan fingerprint density at radius 2 is 2.27 bits per heavy atom. The van der Waals surface area contributed by atoms with E-state index in [0.29, 0.717) is 12.6 Å². The number of aryl methyl sites for hydroxylation is 1. The molecule has 1 unspecified atom stereocenters. The van der Waals surface area contributed by atoms with Gasteiger partial charge in [-0.15, -0.1) is 11.3 Å². The predicted octanol–water partition coefficient (Wildman–Crippen LogP) is 4.19. The summed E-state index contributed by atoms with van der Waals surface area (Å²) >= 11 is 4.31. The second-order valence-corrected chi connectivity index (χ2v) is 9.76. The van der Waals surface area contributed by atoms with E-state index in [4.69, 9.17) is 4.74 Å². The van der Waals surface area contributed by atoms with Crippen LogP contribution >= 0.6 is 33.9 Å². The smallest absolute Gasteiger partial charge is 0.410 e. The number of hydrogen-bond donors (Lipinski definition) is 1. The fraction of sp³-hybridized carbons (Fsp3) is 0.688. The average Bonchev–Trinajstić information content (AvgIpc) is 2.77. The lowest BCUT2D eigenvalue weighted by Gasteiger charge is -2.27. The Morgan fingerprint density at radius 3 is 2.95 bits per heavy atom. The van der Waals surface area contributed by atoms with Gasteiger partial charge in [0.05, 0.1) is 2.88 Å². The second kappa shape index (κ2) is 7.49. The quantitative estimate of drug-likeness (QED) is 0.720. The fourth-order valence-electron chi connectivity index (χ4n) is 2.57. The number of thiophene rings is 1. The molecule has 1 aromatic rings. The topological polar surface area (TPSA) is 41.6 Å². The van der Waals surface area contributed by atoms with Crippen molar-refractivity contribution in [3.05, 3.63) is 19.4 Å².